The Morgan fingerprint density at radius 3 is 2.29 bits per heavy atom. The first kappa shape index (κ1) is 15.8. The molecule has 4 atom stereocenters. The van der Waals surface area contributed by atoms with E-state index in [1.54, 1.807) is 12.1 Å². The average Bonchev–Trinajstić information content (AvgIpc) is 2.82. The summed E-state index contributed by atoms with van der Waals surface area (Å²) in [7, 11) is 2.24. The van der Waals surface area contributed by atoms with E-state index in [1.165, 1.54) is 18.9 Å². The Bertz CT molecular complexity index is 675. The molecule has 0 N–H and O–H groups in total. The number of hydrogen-bond donors (Lipinski definition) is 0. The normalized spacial score (nSPS) is 28.0. The summed E-state index contributed by atoms with van der Waals surface area (Å²) in [4.78, 5) is 2.51. The van der Waals surface area contributed by atoms with Crippen LogP contribution >= 0.6 is 0 Å². The van der Waals surface area contributed by atoms with Crippen LogP contribution in [-0.2, 0) is 4.74 Å². The number of hydrogen-bond acceptors (Lipinski definition) is 2. The zero-order chi connectivity index (χ0) is 16.5. The van der Waals surface area contributed by atoms with Gasteiger partial charge in [0.2, 0.25) is 0 Å². The smallest absolute Gasteiger partial charge is 0.123 e. The van der Waals surface area contributed by atoms with E-state index >= 15 is 0 Å². The lowest BCUT2D eigenvalue weighted by Crippen LogP contribution is -2.43. The first-order valence-electron chi connectivity index (χ1n) is 8.88. The molecule has 4 rings (SSSR count). The molecule has 0 radical (unpaired) electrons. The van der Waals surface area contributed by atoms with Crippen LogP contribution in [-0.4, -0.2) is 30.1 Å². The Labute approximate surface area is 143 Å². The minimum atomic E-state index is -0.208. The molecule has 2 aromatic carbocycles. The molecule has 2 fully saturated rings. The van der Waals surface area contributed by atoms with Crippen LogP contribution in [0.25, 0.3) is 0 Å². The van der Waals surface area contributed by atoms with Crippen molar-refractivity contribution in [2.24, 2.45) is 0 Å². The van der Waals surface area contributed by atoms with Gasteiger partial charge >= 0.3 is 0 Å². The zero-order valence-electron chi connectivity index (χ0n) is 14.1. The summed E-state index contributed by atoms with van der Waals surface area (Å²) in [6.45, 7) is 0. The number of rotatable bonds is 4. The van der Waals surface area contributed by atoms with Crippen molar-refractivity contribution in [1.82, 2.24) is 4.90 Å². The number of halogens is 1. The lowest BCUT2D eigenvalue weighted by molar-refractivity contribution is -0.0427. The summed E-state index contributed by atoms with van der Waals surface area (Å²) >= 11 is 0. The number of piperidine rings is 1. The maximum absolute atomic E-state index is 13.7. The highest BCUT2D eigenvalue weighted by Crippen LogP contribution is 2.38. The molecule has 2 nitrogen and oxygen atoms in total. The van der Waals surface area contributed by atoms with E-state index in [1.807, 2.05) is 24.3 Å². The van der Waals surface area contributed by atoms with Crippen LogP contribution in [0.15, 0.2) is 54.6 Å². The topological polar surface area (TPSA) is 12.5 Å². The van der Waals surface area contributed by atoms with Gasteiger partial charge in [-0.25, -0.2) is 4.39 Å². The van der Waals surface area contributed by atoms with Gasteiger partial charge in [0.25, 0.3) is 0 Å². The summed E-state index contributed by atoms with van der Waals surface area (Å²) in [5.74, 6) is -0.208. The van der Waals surface area contributed by atoms with Gasteiger partial charge < -0.3 is 9.64 Å². The van der Waals surface area contributed by atoms with Gasteiger partial charge in [-0.05, 0) is 56.0 Å². The van der Waals surface area contributed by atoms with E-state index in [9.17, 15) is 4.39 Å². The monoisotopic (exact) mass is 325 g/mol. The van der Waals surface area contributed by atoms with Gasteiger partial charge in [0.05, 0.1) is 6.10 Å². The molecule has 24 heavy (non-hydrogen) atoms. The van der Waals surface area contributed by atoms with Crippen molar-refractivity contribution in [3.8, 4) is 0 Å². The van der Waals surface area contributed by atoms with Gasteiger partial charge in [-0.2, -0.15) is 0 Å². The second-order valence-electron chi connectivity index (χ2n) is 7.13. The van der Waals surface area contributed by atoms with E-state index in [4.69, 9.17) is 4.74 Å². The standard InChI is InChI=1S/C21H24FNO/c1-23-18-10-11-19(23)14-20(13-18)24-21(15-6-3-2-4-7-15)16-8-5-9-17(22)12-16/h2-9,12,18-21H,10-11,13-14H2,1H3/t18-,19+,20?,21?. The molecular weight excluding hydrogens is 301 g/mol. The molecule has 0 amide bonds. The van der Waals surface area contributed by atoms with E-state index in [0.717, 1.165) is 24.0 Å². The molecule has 2 saturated heterocycles. The SMILES string of the molecule is CN1[C@@H]2CC[C@H]1CC(OC(c1ccccc1)c1cccc(F)c1)C2. The third kappa shape index (κ3) is 3.11. The Hall–Kier alpha value is -1.71. The van der Waals surface area contributed by atoms with Crippen LogP contribution in [0, 0.1) is 5.82 Å². The molecular formula is C21H24FNO. The van der Waals surface area contributed by atoms with Crippen LogP contribution in [0.2, 0.25) is 0 Å². The molecule has 0 saturated carbocycles. The molecule has 2 unspecified atom stereocenters. The van der Waals surface area contributed by atoms with Crippen LogP contribution in [0.3, 0.4) is 0 Å². The van der Waals surface area contributed by atoms with Crippen molar-refractivity contribution in [3.63, 3.8) is 0 Å². The Morgan fingerprint density at radius 1 is 0.958 bits per heavy atom. The van der Waals surface area contributed by atoms with Crippen LogP contribution in [0.1, 0.15) is 42.9 Å². The Morgan fingerprint density at radius 2 is 1.62 bits per heavy atom. The van der Waals surface area contributed by atoms with Crippen molar-refractivity contribution in [1.29, 1.82) is 0 Å². The highest BCUT2D eigenvalue weighted by Gasteiger charge is 2.39. The summed E-state index contributed by atoms with van der Waals surface area (Å²) in [5.41, 5.74) is 1.99. The Balaban J connectivity index is 1.59. The second-order valence-corrected chi connectivity index (χ2v) is 7.13. The average molecular weight is 325 g/mol. The van der Waals surface area contributed by atoms with Crippen LogP contribution < -0.4 is 0 Å². The Kier molecular flexibility index (Phi) is 4.38. The second kappa shape index (κ2) is 6.66. The van der Waals surface area contributed by atoms with Crippen molar-refractivity contribution in [2.75, 3.05) is 7.05 Å². The summed E-state index contributed by atoms with van der Waals surface area (Å²) < 4.78 is 20.3. The van der Waals surface area contributed by atoms with Gasteiger partial charge in [0.15, 0.2) is 0 Å². The highest BCUT2D eigenvalue weighted by atomic mass is 19.1. The maximum Gasteiger partial charge on any atom is 0.123 e. The van der Waals surface area contributed by atoms with Gasteiger partial charge in [-0.15, -0.1) is 0 Å². The van der Waals surface area contributed by atoms with Crippen LogP contribution in [0.5, 0.6) is 0 Å². The quantitative estimate of drug-likeness (QED) is 0.817. The third-order valence-corrected chi connectivity index (χ3v) is 5.64. The van der Waals surface area contributed by atoms with Crippen molar-refractivity contribution < 1.29 is 9.13 Å². The minimum absolute atomic E-state index is 0.199. The summed E-state index contributed by atoms with van der Waals surface area (Å²) in [6, 6.07) is 18.3. The van der Waals surface area contributed by atoms with E-state index < -0.39 is 0 Å². The fourth-order valence-electron chi connectivity index (χ4n) is 4.31. The predicted molar refractivity (Wildman–Crippen MR) is 93.4 cm³/mol. The van der Waals surface area contributed by atoms with Crippen LogP contribution in [0.4, 0.5) is 4.39 Å². The van der Waals surface area contributed by atoms with Crippen molar-refractivity contribution in [3.05, 3.63) is 71.5 Å². The van der Waals surface area contributed by atoms with Crippen molar-refractivity contribution >= 4 is 0 Å². The summed E-state index contributed by atoms with van der Waals surface area (Å²) in [6.07, 6.45) is 4.74. The zero-order valence-corrected chi connectivity index (χ0v) is 14.1. The van der Waals surface area contributed by atoms with Gasteiger partial charge in [-0.1, -0.05) is 42.5 Å². The van der Waals surface area contributed by atoms with E-state index in [0.29, 0.717) is 12.1 Å². The molecule has 126 valence electrons. The number of nitrogens with zero attached hydrogens (tertiary/aromatic N) is 1. The molecule has 2 bridgehead atoms. The fourth-order valence-corrected chi connectivity index (χ4v) is 4.31. The van der Waals surface area contributed by atoms with Gasteiger partial charge in [-0.3, -0.25) is 0 Å². The first-order valence-corrected chi connectivity index (χ1v) is 8.88. The van der Waals surface area contributed by atoms with Gasteiger partial charge in [0, 0.05) is 12.1 Å². The fraction of sp³-hybridized carbons (Fsp3) is 0.429. The third-order valence-electron chi connectivity index (χ3n) is 5.64. The molecule has 2 heterocycles. The number of fused-ring (bicyclic) bond motifs is 2. The molecule has 0 aromatic heterocycles. The summed E-state index contributed by atoms with van der Waals surface area (Å²) in [5, 5.41) is 0. The molecule has 2 aliphatic heterocycles. The molecule has 3 heteroatoms. The van der Waals surface area contributed by atoms with E-state index in [2.05, 4.69) is 24.1 Å². The molecule has 0 aliphatic carbocycles. The van der Waals surface area contributed by atoms with Crippen molar-refractivity contribution in [2.45, 2.75) is 50.0 Å². The minimum Gasteiger partial charge on any atom is -0.365 e. The number of ether oxygens (including phenoxy) is 1. The first-order chi connectivity index (χ1) is 11.7. The lowest BCUT2D eigenvalue weighted by atomic mass is 9.97. The lowest BCUT2D eigenvalue weighted by Gasteiger charge is -2.38. The molecule has 2 aliphatic rings. The highest BCUT2D eigenvalue weighted by molar-refractivity contribution is 5.30. The van der Waals surface area contributed by atoms with Gasteiger partial charge in [0.1, 0.15) is 11.9 Å². The maximum atomic E-state index is 13.7. The predicted octanol–water partition coefficient (Wildman–Crippen LogP) is 4.56. The molecule has 0 spiro atoms. The largest absolute Gasteiger partial charge is 0.365 e. The molecule has 2 aromatic rings. The number of benzene rings is 2. The van der Waals surface area contributed by atoms with E-state index in [-0.39, 0.29) is 18.0 Å².